The molecule has 41 heavy (non-hydrogen) atoms. The van der Waals surface area contributed by atoms with Crippen LogP contribution in [-0.4, -0.2) is 60.9 Å². The Hall–Kier alpha value is -4.12. The van der Waals surface area contributed by atoms with Gasteiger partial charge in [-0.2, -0.15) is 8.42 Å². The molecular formula is C31H37N3O6S. The van der Waals surface area contributed by atoms with Gasteiger partial charge >= 0.3 is 0 Å². The Bertz CT molecular complexity index is 1430. The number of carbonyl (C=O) groups is 3. The fourth-order valence-corrected chi connectivity index (χ4v) is 3.94. The average Bonchev–Trinajstić information content (AvgIpc) is 2.94. The van der Waals surface area contributed by atoms with Crippen LogP contribution in [-0.2, 0) is 32.7 Å². The molecule has 0 saturated heterocycles. The number of amides is 2. The zero-order valence-electron chi connectivity index (χ0n) is 23.5. The van der Waals surface area contributed by atoms with E-state index in [4.69, 9.17) is 10.3 Å². The fourth-order valence-electron chi connectivity index (χ4n) is 3.94. The smallest absolute Gasteiger partial charge is 0.287 e. The molecule has 0 spiro atoms. The van der Waals surface area contributed by atoms with Crippen LogP contribution in [0.1, 0.15) is 46.5 Å². The van der Waals surface area contributed by atoms with Crippen molar-refractivity contribution in [3.63, 3.8) is 0 Å². The van der Waals surface area contributed by atoms with E-state index in [1.54, 1.807) is 12.1 Å². The van der Waals surface area contributed by atoms with Crippen LogP contribution in [0.2, 0.25) is 0 Å². The van der Waals surface area contributed by atoms with Crippen LogP contribution in [0.15, 0.2) is 78.9 Å². The molecule has 0 radical (unpaired) electrons. The Labute approximate surface area is 241 Å². The van der Waals surface area contributed by atoms with Crippen LogP contribution in [0.4, 0.5) is 0 Å². The molecule has 4 N–H and O–H groups in total. The zero-order valence-corrected chi connectivity index (χ0v) is 24.3. The highest BCUT2D eigenvalue weighted by Crippen LogP contribution is 2.16. The highest BCUT2D eigenvalue weighted by molar-refractivity contribution is 7.85. The van der Waals surface area contributed by atoms with E-state index in [1.807, 2.05) is 54.6 Å². The molecule has 0 aliphatic carbocycles. The maximum absolute atomic E-state index is 13.2. The SMILES string of the molecule is CCN(CC)Cc1ccc(/C=C/c2ccccc2C(=O)NC(Cc2ccccc2)C(=O)C(N)=O)cc1.CS(=O)(=O)O. The Balaban J connectivity index is 0.00000108. The van der Waals surface area contributed by atoms with Crippen LogP contribution in [0.5, 0.6) is 0 Å². The second-order valence-electron chi connectivity index (χ2n) is 9.30. The van der Waals surface area contributed by atoms with Gasteiger partial charge in [0.15, 0.2) is 0 Å². The zero-order chi connectivity index (χ0) is 30.4. The van der Waals surface area contributed by atoms with E-state index in [0.717, 1.165) is 30.8 Å². The van der Waals surface area contributed by atoms with Crippen molar-refractivity contribution in [2.24, 2.45) is 5.73 Å². The van der Waals surface area contributed by atoms with Crippen molar-refractivity contribution in [2.45, 2.75) is 32.9 Å². The van der Waals surface area contributed by atoms with Crippen molar-refractivity contribution in [3.8, 4) is 0 Å². The average molecular weight is 580 g/mol. The van der Waals surface area contributed by atoms with E-state index >= 15 is 0 Å². The first-order chi connectivity index (χ1) is 19.4. The molecule has 10 heteroatoms. The highest BCUT2D eigenvalue weighted by Gasteiger charge is 2.26. The molecule has 0 fully saturated rings. The van der Waals surface area contributed by atoms with Gasteiger partial charge in [0.05, 0.1) is 6.26 Å². The van der Waals surface area contributed by atoms with E-state index < -0.39 is 33.8 Å². The van der Waals surface area contributed by atoms with Gasteiger partial charge in [0.1, 0.15) is 6.04 Å². The molecular weight excluding hydrogens is 542 g/mol. The summed E-state index contributed by atoms with van der Waals surface area (Å²) in [5, 5.41) is 2.71. The van der Waals surface area contributed by atoms with Crippen LogP contribution in [0.3, 0.4) is 0 Å². The maximum atomic E-state index is 13.2. The first-order valence-electron chi connectivity index (χ1n) is 13.1. The first kappa shape index (κ1) is 33.1. The number of hydrogen-bond donors (Lipinski definition) is 3. The number of primary amides is 1. The van der Waals surface area contributed by atoms with E-state index in [-0.39, 0.29) is 6.42 Å². The molecule has 0 aromatic heterocycles. The van der Waals surface area contributed by atoms with Gasteiger partial charge in [0, 0.05) is 18.5 Å². The first-order valence-corrected chi connectivity index (χ1v) is 14.9. The molecule has 218 valence electrons. The molecule has 0 bridgehead atoms. The van der Waals surface area contributed by atoms with E-state index in [2.05, 4.69) is 48.3 Å². The van der Waals surface area contributed by atoms with Crippen molar-refractivity contribution < 1.29 is 27.4 Å². The van der Waals surface area contributed by atoms with Gasteiger partial charge < -0.3 is 11.1 Å². The molecule has 0 heterocycles. The molecule has 3 aromatic carbocycles. The summed E-state index contributed by atoms with van der Waals surface area (Å²) in [6.07, 6.45) is 4.71. The predicted octanol–water partition coefficient (Wildman–Crippen LogP) is 3.60. The number of nitrogens with zero attached hydrogens (tertiary/aromatic N) is 1. The van der Waals surface area contributed by atoms with Crippen LogP contribution in [0, 0.1) is 0 Å². The lowest BCUT2D eigenvalue weighted by atomic mass is 10.00. The number of ketones is 1. The van der Waals surface area contributed by atoms with Gasteiger partial charge in [-0.05, 0) is 41.4 Å². The number of Topliss-reactive ketones (excluding diaryl/α,β-unsaturated/α-hetero) is 1. The van der Waals surface area contributed by atoms with E-state index in [0.29, 0.717) is 17.4 Å². The summed E-state index contributed by atoms with van der Waals surface area (Å²) >= 11 is 0. The van der Waals surface area contributed by atoms with Gasteiger partial charge in [0.25, 0.3) is 21.9 Å². The number of benzene rings is 3. The van der Waals surface area contributed by atoms with E-state index in [9.17, 15) is 22.8 Å². The third-order valence-corrected chi connectivity index (χ3v) is 6.09. The Morgan fingerprint density at radius 3 is 2.00 bits per heavy atom. The van der Waals surface area contributed by atoms with Gasteiger partial charge in [-0.3, -0.25) is 23.8 Å². The summed E-state index contributed by atoms with van der Waals surface area (Å²) in [5.74, 6) is -2.35. The van der Waals surface area contributed by atoms with Crippen molar-refractivity contribution >= 4 is 39.9 Å². The summed E-state index contributed by atoms with van der Waals surface area (Å²) < 4.78 is 25.9. The van der Waals surface area contributed by atoms with Crippen LogP contribution >= 0.6 is 0 Å². The van der Waals surface area contributed by atoms with Crippen molar-refractivity contribution in [1.82, 2.24) is 10.2 Å². The summed E-state index contributed by atoms with van der Waals surface area (Å²) in [6, 6.07) is 23.6. The quantitative estimate of drug-likeness (QED) is 0.169. The molecule has 3 aromatic rings. The number of carbonyl (C=O) groups excluding carboxylic acids is 3. The molecule has 0 aliphatic rings. The number of hydrogen-bond acceptors (Lipinski definition) is 6. The Morgan fingerprint density at radius 2 is 1.44 bits per heavy atom. The van der Waals surface area contributed by atoms with E-state index in [1.165, 1.54) is 5.56 Å². The molecule has 0 saturated carbocycles. The van der Waals surface area contributed by atoms with Gasteiger partial charge in [-0.15, -0.1) is 0 Å². The third kappa shape index (κ3) is 12.3. The molecule has 9 nitrogen and oxygen atoms in total. The lowest BCUT2D eigenvalue weighted by molar-refractivity contribution is -0.137. The van der Waals surface area contributed by atoms with Crippen molar-refractivity contribution in [1.29, 1.82) is 0 Å². The molecule has 3 rings (SSSR count). The van der Waals surface area contributed by atoms with Gasteiger partial charge in [-0.25, -0.2) is 0 Å². The summed E-state index contributed by atoms with van der Waals surface area (Å²) in [5.41, 5.74) is 9.43. The Morgan fingerprint density at radius 1 is 0.878 bits per heavy atom. The normalized spacial score (nSPS) is 11.9. The third-order valence-electron chi connectivity index (χ3n) is 6.09. The summed E-state index contributed by atoms with van der Waals surface area (Å²) in [7, 11) is -3.67. The minimum atomic E-state index is -3.67. The molecule has 1 atom stereocenters. The minimum absolute atomic E-state index is 0.173. The van der Waals surface area contributed by atoms with Crippen molar-refractivity contribution in [3.05, 3.63) is 107 Å². The van der Waals surface area contributed by atoms with Crippen LogP contribution < -0.4 is 11.1 Å². The lowest BCUT2D eigenvalue weighted by Gasteiger charge is -2.18. The lowest BCUT2D eigenvalue weighted by Crippen LogP contribution is -2.47. The standard InChI is InChI=1S/C30H33N3O3.CH4O3S/c1-3-33(4-2)21-24-16-14-22(15-17-24)18-19-25-12-8-9-13-26(25)30(36)32-27(28(34)29(31)35)20-23-10-6-5-7-11-23;1-5(2,3)4/h5-19,27H,3-4,20-21H2,1-2H3,(H2,31,35)(H,32,36);1H3,(H,2,3,4)/b19-18+;. The number of rotatable bonds is 12. The van der Waals surface area contributed by atoms with Crippen molar-refractivity contribution in [2.75, 3.05) is 19.3 Å². The largest absolute Gasteiger partial charge is 0.363 e. The summed E-state index contributed by atoms with van der Waals surface area (Å²) in [4.78, 5) is 39.5. The second-order valence-corrected chi connectivity index (χ2v) is 10.8. The topological polar surface area (TPSA) is 147 Å². The highest BCUT2D eigenvalue weighted by atomic mass is 32.2. The molecule has 1 unspecified atom stereocenters. The number of nitrogens with one attached hydrogen (secondary N) is 1. The Kier molecular flexibility index (Phi) is 13.1. The fraction of sp³-hybridized carbons (Fsp3) is 0.258. The second kappa shape index (κ2) is 16.2. The molecule has 0 aliphatic heterocycles. The maximum Gasteiger partial charge on any atom is 0.287 e. The minimum Gasteiger partial charge on any atom is -0.363 e. The van der Waals surface area contributed by atoms with Crippen LogP contribution in [0.25, 0.3) is 12.2 Å². The predicted molar refractivity (Wildman–Crippen MR) is 162 cm³/mol. The molecule has 2 amide bonds. The summed E-state index contributed by atoms with van der Waals surface area (Å²) in [6.45, 7) is 7.24. The number of nitrogens with two attached hydrogens (primary N) is 1. The van der Waals surface area contributed by atoms with Gasteiger partial charge in [0.2, 0.25) is 5.78 Å². The monoisotopic (exact) mass is 579 g/mol. The van der Waals surface area contributed by atoms with Gasteiger partial charge in [-0.1, -0.05) is 98.8 Å².